The van der Waals surface area contributed by atoms with Crippen molar-refractivity contribution in [3.8, 4) is 11.5 Å². The SMILES string of the molecule is CCOc1cc([C@H](C[N+](=O)[O-])c2c[nH]c3ccccc23)cc(Cl)c1OCc1ccccc1F. The second-order valence-electron chi connectivity index (χ2n) is 7.50. The van der Waals surface area contributed by atoms with E-state index in [9.17, 15) is 14.5 Å². The molecule has 3 aromatic carbocycles. The van der Waals surface area contributed by atoms with E-state index in [1.165, 1.54) is 6.07 Å². The third kappa shape index (κ3) is 4.93. The molecule has 0 saturated heterocycles. The van der Waals surface area contributed by atoms with Gasteiger partial charge in [0.15, 0.2) is 11.5 Å². The van der Waals surface area contributed by atoms with Crippen molar-refractivity contribution < 1.29 is 18.8 Å². The molecular formula is C25H22ClFN2O4. The van der Waals surface area contributed by atoms with Crippen molar-refractivity contribution in [2.75, 3.05) is 13.2 Å². The summed E-state index contributed by atoms with van der Waals surface area (Å²) in [6.07, 6.45) is 1.79. The lowest BCUT2D eigenvalue weighted by Crippen LogP contribution is -2.14. The second kappa shape index (κ2) is 9.92. The molecule has 170 valence electrons. The van der Waals surface area contributed by atoms with Crippen molar-refractivity contribution in [3.05, 3.63) is 105 Å². The van der Waals surface area contributed by atoms with Crippen LogP contribution in [0.4, 0.5) is 4.39 Å². The molecule has 0 aliphatic rings. The van der Waals surface area contributed by atoms with Crippen LogP contribution in [0, 0.1) is 15.9 Å². The average Bonchev–Trinajstić information content (AvgIpc) is 3.22. The van der Waals surface area contributed by atoms with Gasteiger partial charge in [-0.15, -0.1) is 0 Å². The Balaban J connectivity index is 1.74. The molecule has 0 aliphatic carbocycles. The van der Waals surface area contributed by atoms with Crippen LogP contribution in [0.1, 0.15) is 29.5 Å². The maximum atomic E-state index is 14.0. The van der Waals surface area contributed by atoms with Gasteiger partial charge in [-0.2, -0.15) is 0 Å². The highest BCUT2D eigenvalue weighted by atomic mass is 35.5. The monoisotopic (exact) mass is 468 g/mol. The van der Waals surface area contributed by atoms with Gasteiger partial charge in [-0.3, -0.25) is 10.1 Å². The van der Waals surface area contributed by atoms with Crippen LogP contribution in [0.3, 0.4) is 0 Å². The largest absolute Gasteiger partial charge is 0.490 e. The van der Waals surface area contributed by atoms with E-state index in [-0.39, 0.29) is 34.7 Å². The number of aromatic amines is 1. The van der Waals surface area contributed by atoms with Crippen molar-refractivity contribution >= 4 is 22.5 Å². The van der Waals surface area contributed by atoms with E-state index in [1.807, 2.05) is 31.2 Å². The predicted molar refractivity (Wildman–Crippen MR) is 125 cm³/mol. The van der Waals surface area contributed by atoms with Crippen molar-refractivity contribution in [2.45, 2.75) is 19.4 Å². The zero-order valence-corrected chi connectivity index (χ0v) is 18.6. The minimum atomic E-state index is -0.562. The number of hydrogen-bond donors (Lipinski definition) is 1. The van der Waals surface area contributed by atoms with Gasteiger partial charge in [0.2, 0.25) is 6.54 Å². The van der Waals surface area contributed by atoms with Gasteiger partial charge in [-0.1, -0.05) is 48.0 Å². The summed E-state index contributed by atoms with van der Waals surface area (Å²) in [5, 5.41) is 12.7. The Morgan fingerprint density at radius 3 is 2.64 bits per heavy atom. The lowest BCUT2D eigenvalue weighted by Gasteiger charge is -2.19. The number of ether oxygens (including phenoxy) is 2. The van der Waals surface area contributed by atoms with Crippen LogP contribution in [0.5, 0.6) is 11.5 Å². The number of nitrogens with one attached hydrogen (secondary N) is 1. The summed E-state index contributed by atoms with van der Waals surface area (Å²) < 4.78 is 25.6. The average molecular weight is 469 g/mol. The Hall–Kier alpha value is -3.58. The summed E-state index contributed by atoms with van der Waals surface area (Å²) in [4.78, 5) is 14.4. The number of nitro groups is 1. The number of hydrogen-bond acceptors (Lipinski definition) is 4. The van der Waals surface area contributed by atoms with E-state index < -0.39 is 5.92 Å². The number of rotatable bonds is 9. The van der Waals surface area contributed by atoms with Gasteiger partial charge in [-0.05, 0) is 42.3 Å². The minimum Gasteiger partial charge on any atom is -0.490 e. The molecule has 1 N–H and O–H groups in total. The molecule has 1 aromatic heterocycles. The first-order valence-corrected chi connectivity index (χ1v) is 10.9. The van der Waals surface area contributed by atoms with Crippen molar-refractivity contribution in [1.82, 2.24) is 4.98 Å². The fraction of sp³-hybridized carbons (Fsp3) is 0.200. The van der Waals surface area contributed by atoms with Crippen molar-refractivity contribution in [1.29, 1.82) is 0 Å². The lowest BCUT2D eigenvalue weighted by atomic mass is 9.90. The van der Waals surface area contributed by atoms with Crippen molar-refractivity contribution in [3.63, 3.8) is 0 Å². The summed E-state index contributed by atoms with van der Waals surface area (Å²) in [7, 11) is 0. The number of benzene rings is 3. The molecule has 0 spiro atoms. The molecule has 0 bridgehead atoms. The molecule has 0 unspecified atom stereocenters. The Morgan fingerprint density at radius 2 is 1.88 bits per heavy atom. The predicted octanol–water partition coefficient (Wildman–Crippen LogP) is 6.35. The highest BCUT2D eigenvalue weighted by molar-refractivity contribution is 6.32. The quantitative estimate of drug-likeness (QED) is 0.229. The molecule has 0 amide bonds. The van der Waals surface area contributed by atoms with Crippen LogP contribution in [0.15, 0.2) is 66.9 Å². The van der Waals surface area contributed by atoms with E-state index in [4.69, 9.17) is 21.1 Å². The Morgan fingerprint density at radius 1 is 1.12 bits per heavy atom. The molecule has 0 fully saturated rings. The van der Waals surface area contributed by atoms with Gasteiger partial charge in [0.1, 0.15) is 12.4 Å². The number of fused-ring (bicyclic) bond motifs is 1. The van der Waals surface area contributed by atoms with Crippen LogP contribution < -0.4 is 9.47 Å². The number of H-pyrrole nitrogens is 1. The molecule has 6 nitrogen and oxygen atoms in total. The molecule has 0 aliphatic heterocycles. The van der Waals surface area contributed by atoms with Gasteiger partial charge in [0.05, 0.1) is 17.5 Å². The van der Waals surface area contributed by atoms with Crippen molar-refractivity contribution in [2.24, 2.45) is 0 Å². The van der Waals surface area contributed by atoms with E-state index in [2.05, 4.69) is 4.98 Å². The number of nitrogens with zero attached hydrogens (tertiary/aromatic N) is 1. The first-order chi connectivity index (χ1) is 16.0. The summed E-state index contributed by atoms with van der Waals surface area (Å²) in [5.74, 6) is -0.323. The smallest absolute Gasteiger partial charge is 0.214 e. The second-order valence-corrected chi connectivity index (χ2v) is 7.91. The van der Waals surface area contributed by atoms with Gasteiger partial charge in [-0.25, -0.2) is 4.39 Å². The zero-order valence-electron chi connectivity index (χ0n) is 17.9. The standard InChI is InChI=1S/C25H22ClFN2O4/c1-2-32-24-12-17(11-21(26)25(24)33-15-16-7-3-5-9-22(16)27)20(14-29(30)31)19-13-28-23-10-6-4-8-18(19)23/h3-13,20,28H,2,14-15H2,1H3/t20-/m0/s1. The van der Waals surface area contributed by atoms with E-state index in [0.29, 0.717) is 23.5 Å². The summed E-state index contributed by atoms with van der Waals surface area (Å²) in [5.41, 5.74) is 2.69. The highest BCUT2D eigenvalue weighted by Crippen LogP contribution is 2.41. The molecular weight excluding hydrogens is 447 g/mol. The van der Waals surface area contributed by atoms with Gasteiger partial charge >= 0.3 is 0 Å². The Kier molecular flexibility index (Phi) is 6.79. The molecule has 0 saturated carbocycles. The number of aromatic nitrogens is 1. The molecule has 0 radical (unpaired) electrons. The summed E-state index contributed by atoms with van der Waals surface area (Å²) in [6.45, 7) is 1.80. The van der Waals surface area contributed by atoms with Crippen LogP contribution >= 0.6 is 11.6 Å². The van der Waals surface area contributed by atoms with Gasteiger partial charge in [0.25, 0.3) is 0 Å². The third-order valence-electron chi connectivity index (χ3n) is 5.39. The topological polar surface area (TPSA) is 77.4 Å². The minimum absolute atomic E-state index is 0.0351. The first kappa shape index (κ1) is 22.6. The molecule has 4 rings (SSSR count). The highest BCUT2D eigenvalue weighted by Gasteiger charge is 2.26. The normalized spacial score (nSPS) is 12.0. The Bertz CT molecular complexity index is 1290. The maximum absolute atomic E-state index is 14.0. The van der Waals surface area contributed by atoms with Crippen LogP contribution in [-0.2, 0) is 6.61 Å². The van der Waals surface area contributed by atoms with Gasteiger partial charge in [0, 0.05) is 27.6 Å². The first-order valence-electron chi connectivity index (χ1n) is 10.5. The number of para-hydroxylation sites is 1. The van der Waals surface area contributed by atoms with Crippen LogP contribution in [0.2, 0.25) is 5.02 Å². The fourth-order valence-corrected chi connectivity index (χ4v) is 4.15. The summed E-state index contributed by atoms with van der Waals surface area (Å²) >= 11 is 6.56. The van der Waals surface area contributed by atoms with Crippen LogP contribution in [-0.4, -0.2) is 23.1 Å². The molecule has 4 aromatic rings. The van der Waals surface area contributed by atoms with E-state index >= 15 is 0 Å². The zero-order chi connectivity index (χ0) is 23.4. The third-order valence-corrected chi connectivity index (χ3v) is 5.67. The molecule has 1 heterocycles. The summed E-state index contributed by atoms with van der Waals surface area (Å²) in [6, 6.07) is 17.3. The molecule has 8 heteroatoms. The molecule has 1 atom stereocenters. The Labute approximate surface area is 195 Å². The van der Waals surface area contributed by atoms with Crippen LogP contribution in [0.25, 0.3) is 10.9 Å². The number of halogens is 2. The van der Waals surface area contributed by atoms with E-state index in [1.54, 1.807) is 36.5 Å². The van der Waals surface area contributed by atoms with Gasteiger partial charge < -0.3 is 14.5 Å². The lowest BCUT2D eigenvalue weighted by molar-refractivity contribution is -0.481. The fourth-order valence-electron chi connectivity index (χ4n) is 3.87. The van der Waals surface area contributed by atoms with E-state index in [0.717, 1.165) is 16.5 Å². The molecule has 33 heavy (non-hydrogen) atoms. The maximum Gasteiger partial charge on any atom is 0.214 e.